The van der Waals surface area contributed by atoms with Gasteiger partial charge in [0.1, 0.15) is 0 Å². The molecule has 22 heavy (non-hydrogen) atoms. The fourth-order valence-corrected chi connectivity index (χ4v) is 2.67. The first-order valence-electron chi connectivity index (χ1n) is 7.91. The Morgan fingerprint density at radius 3 is 2.55 bits per heavy atom. The van der Waals surface area contributed by atoms with Gasteiger partial charge in [0.25, 0.3) is 0 Å². The summed E-state index contributed by atoms with van der Waals surface area (Å²) in [6, 6.07) is 9.42. The zero-order chi connectivity index (χ0) is 16.0. The van der Waals surface area contributed by atoms with Gasteiger partial charge in [-0.2, -0.15) is 0 Å². The van der Waals surface area contributed by atoms with Crippen LogP contribution in [0.2, 0.25) is 0 Å². The molecular weight excluding hydrogens is 280 g/mol. The van der Waals surface area contributed by atoms with Crippen molar-refractivity contribution in [1.29, 1.82) is 0 Å². The quantitative estimate of drug-likeness (QED) is 0.794. The predicted molar refractivity (Wildman–Crippen MR) is 85.0 cm³/mol. The van der Waals surface area contributed by atoms with Crippen molar-refractivity contribution in [2.75, 3.05) is 6.54 Å². The molecule has 0 spiro atoms. The Bertz CT molecular complexity index is 465. The minimum Gasteiger partial charge on any atom is -0.389 e. The molecule has 2 amide bonds. The molecule has 0 radical (unpaired) electrons. The van der Waals surface area contributed by atoms with Crippen molar-refractivity contribution in [2.45, 2.75) is 57.8 Å². The average Bonchev–Trinajstić information content (AvgIpc) is 2.97. The summed E-state index contributed by atoms with van der Waals surface area (Å²) >= 11 is 0. The van der Waals surface area contributed by atoms with Crippen LogP contribution >= 0.6 is 0 Å². The molecule has 0 heterocycles. The van der Waals surface area contributed by atoms with E-state index >= 15 is 0 Å². The van der Waals surface area contributed by atoms with Crippen LogP contribution < -0.4 is 5.48 Å². The number of aliphatic hydroxyl groups is 1. The summed E-state index contributed by atoms with van der Waals surface area (Å²) in [6.45, 7) is 4.05. The van der Waals surface area contributed by atoms with E-state index < -0.39 is 5.60 Å². The number of nitrogens with one attached hydrogen (secondary N) is 1. The van der Waals surface area contributed by atoms with Gasteiger partial charge >= 0.3 is 6.03 Å². The lowest BCUT2D eigenvalue weighted by Crippen LogP contribution is -2.47. The van der Waals surface area contributed by atoms with Crippen LogP contribution in [0.5, 0.6) is 0 Å². The van der Waals surface area contributed by atoms with Gasteiger partial charge in [0, 0.05) is 6.54 Å². The fraction of sp³-hybridized carbons (Fsp3) is 0.588. The summed E-state index contributed by atoms with van der Waals surface area (Å²) in [5, 5.41) is 10.0. The molecule has 1 fully saturated rings. The standard InChI is InChI=1S/C17H26N2O3/c1-17(2,21)13-19(12-14-8-4-3-5-9-14)16(20)18-22-15-10-6-7-11-15/h3-5,8-9,15,21H,6-7,10-13H2,1-2H3,(H,18,20). The normalized spacial score (nSPS) is 15.8. The van der Waals surface area contributed by atoms with Crippen molar-refractivity contribution in [3.05, 3.63) is 35.9 Å². The fourth-order valence-electron chi connectivity index (χ4n) is 2.67. The third kappa shape index (κ3) is 5.66. The lowest BCUT2D eigenvalue weighted by Gasteiger charge is -2.29. The second-order valence-electron chi connectivity index (χ2n) is 6.59. The zero-order valence-corrected chi connectivity index (χ0v) is 13.4. The van der Waals surface area contributed by atoms with Crippen LogP contribution in [0.4, 0.5) is 4.79 Å². The molecule has 0 saturated heterocycles. The highest BCUT2D eigenvalue weighted by Gasteiger charge is 2.24. The van der Waals surface area contributed by atoms with Crippen LogP contribution in [0.25, 0.3) is 0 Å². The molecule has 1 aromatic carbocycles. The Kier molecular flexibility index (Phi) is 5.80. The first kappa shape index (κ1) is 16.8. The van der Waals surface area contributed by atoms with Crippen LogP contribution in [0.1, 0.15) is 45.1 Å². The number of carbonyl (C=O) groups is 1. The molecule has 2 rings (SSSR count). The van der Waals surface area contributed by atoms with Crippen molar-refractivity contribution < 1.29 is 14.7 Å². The summed E-state index contributed by atoms with van der Waals surface area (Å²) in [4.78, 5) is 19.4. The van der Waals surface area contributed by atoms with Gasteiger partial charge < -0.3 is 10.0 Å². The molecule has 5 nitrogen and oxygen atoms in total. The summed E-state index contributed by atoms with van der Waals surface area (Å²) in [6.07, 6.45) is 4.40. The highest BCUT2D eigenvalue weighted by Crippen LogP contribution is 2.20. The number of nitrogens with zero attached hydrogens (tertiary/aromatic N) is 1. The van der Waals surface area contributed by atoms with E-state index in [-0.39, 0.29) is 18.7 Å². The van der Waals surface area contributed by atoms with Crippen LogP contribution in [0.15, 0.2) is 30.3 Å². The van der Waals surface area contributed by atoms with Crippen molar-refractivity contribution in [1.82, 2.24) is 10.4 Å². The zero-order valence-electron chi connectivity index (χ0n) is 13.4. The molecule has 0 aliphatic heterocycles. The van der Waals surface area contributed by atoms with Gasteiger partial charge in [0.15, 0.2) is 0 Å². The van der Waals surface area contributed by atoms with Gasteiger partial charge in [0.2, 0.25) is 0 Å². The first-order chi connectivity index (χ1) is 10.4. The molecule has 1 aliphatic carbocycles. The van der Waals surface area contributed by atoms with E-state index in [0.29, 0.717) is 6.54 Å². The van der Waals surface area contributed by atoms with E-state index in [1.807, 2.05) is 30.3 Å². The maximum absolute atomic E-state index is 12.4. The molecule has 0 aromatic heterocycles. The number of hydroxylamine groups is 1. The SMILES string of the molecule is CC(C)(O)CN(Cc1ccccc1)C(=O)NOC1CCCC1. The summed E-state index contributed by atoms with van der Waals surface area (Å²) < 4.78 is 0. The third-order valence-electron chi connectivity index (χ3n) is 3.70. The highest BCUT2D eigenvalue weighted by atomic mass is 16.7. The Morgan fingerprint density at radius 1 is 1.32 bits per heavy atom. The number of hydrogen-bond acceptors (Lipinski definition) is 3. The van der Waals surface area contributed by atoms with E-state index in [1.165, 1.54) is 0 Å². The Hall–Kier alpha value is -1.59. The molecule has 0 bridgehead atoms. The lowest BCUT2D eigenvalue weighted by atomic mass is 10.1. The Balaban J connectivity index is 1.94. The van der Waals surface area contributed by atoms with E-state index in [9.17, 15) is 9.90 Å². The van der Waals surface area contributed by atoms with Crippen molar-refractivity contribution in [3.8, 4) is 0 Å². The van der Waals surface area contributed by atoms with Gasteiger partial charge in [-0.05, 0) is 32.3 Å². The number of carbonyl (C=O) groups excluding carboxylic acids is 1. The molecule has 2 N–H and O–H groups in total. The Morgan fingerprint density at radius 2 is 1.95 bits per heavy atom. The monoisotopic (exact) mass is 306 g/mol. The van der Waals surface area contributed by atoms with Crippen LogP contribution in [0.3, 0.4) is 0 Å². The number of hydrogen-bond donors (Lipinski definition) is 2. The second-order valence-corrected chi connectivity index (χ2v) is 6.59. The van der Waals surface area contributed by atoms with E-state index in [4.69, 9.17) is 4.84 Å². The maximum Gasteiger partial charge on any atom is 0.341 e. The van der Waals surface area contributed by atoms with Crippen LogP contribution in [0, 0.1) is 0 Å². The molecule has 122 valence electrons. The van der Waals surface area contributed by atoms with Crippen LogP contribution in [-0.4, -0.2) is 34.3 Å². The predicted octanol–water partition coefficient (Wildman–Crippen LogP) is 2.84. The van der Waals surface area contributed by atoms with Crippen molar-refractivity contribution in [3.63, 3.8) is 0 Å². The molecule has 1 saturated carbocycles. The van der Waals surface area contributed by atoms with Crippen molar-refractivity contribution >= 4 is 6.03 Å². The summed E-state index contributed by atoms with van der Waals surface area (Å²) in [7, 11) is 0. The van der Waals surface area contributed by atoms with Gasteiger partial charge in [-0.3, -0.25) is 4.84 Å². The minimum absolute atomic E-state index is 0.115. The van der Waals surface area contributed by atoms with E-state index in [2.05, 4.69) is 5.48 Å². The van der Waals surface area contributed by atoms with Gasteiger partial charge in [0.05, 0.1) is 18.2 Å². The third-order valence-corrected chi connectivity index (χ3v) is 3.70. The highest BCUT2D eigenvalue weighted by molar-refractivity contribution is 5.73. The average molecular weight is 306 g/mol. The van der Waals surface area contributed by atoms with Gasteiger partial charge in [-0.15, -0.1) is 0 Å². The number of urea groups is 1. The number of rotatable bonds is 6. The largest absolute Gasteiger partial charge is 0.389 e. The van der Waals surface area contributed by atoms with Crippen molar-refractivity contribution in [2.24, 2.45) is 0 Å². The topological polar surface area (TPSA) is 61.8 Å². The molecule has 1 aromatic rings. The molecule has 0 unspecified atom stereocenters. The van der Waals surface area contributed by atoms with Gasteiger partial charge in [-0.1, -0.05) is 43.2 Å². The molecular formula is C17H26N2O3. The number of amides is 2. The second kappa shape index (κ2) is 7.61. The van der Waals surface area contributed by atoms with E-state index in [1.54, 1.807) is 18.7 Å². The lowest BCUT2D eigenvalue weighted by molar-refractivity contribution is -0.0170. The van der Waals surface area contributed by atoms with Crippen LogP contribution in [-0.2, 0) is 11.4 Å². The molecule has 0 atom stereocenters. The summed E-state index contributed by atoms with van der Waals surface area (Å²) in [5.41, 5.74) is 2.60. The van der Waals surface area contributed by atoms with Gasteiger partial charge in [-0.25, -0.2) is 10.3 Å². The minimum atomic E-state index is -0.959. The maximum atomic E-state index is 12.4. The summed E-state index contributed by atoms with van der Waals surface area (Å²) in [5.74, 6) is 0. The number of benzene rings is 1. The molecule has 1 aliphatic rings. The van der Waals surface area contributed by atoms with E-state index in [0.717, 1.165) is 31.2 Å². The molecule has 5 heteroatoms. The Labute approximate surface area is 132 Å². The first-order valence-corrected chi connectivity index (χ1v) is 7.91. The smallest absolute Gasteiger partial charge is 0.341 e.